The molecule has 0 bridgehead atoms. The summed E-state index contributed by atoms with van der Waals surface area (Å²) in [6.07, 6.45) is 0. The summed E-state index contributed by atoms with van der Waals surface area (Å²) in [5, 5.41) is 0. The molecule has 0 fully saturated rings. The zero-order chi connectivity index (χ0) is 8.15. The molecule has 0 radical (unpaired) electrons. The lowest BCUT2D eigenvalue weighted by atomic mass is 10.5. The molecule has 6 nitrogen and oxygen atoms in total. The molecule has 0 unspecified atom stereocenters. The van der Waals surface area contributed by atoms with E-state index in [-0.39, 0.29) is 0 Å². The van der Waals surface area contributed by atoms with Crippen LogP contribution in [0.4, 0.5) is 4.79 Å². The van der Waals surface area contributed by atoms with Crippen molar-refractivity contribution in [2.24, 2.45) is 5.73 Å². The Morgan fingerprint density at radius 3 is 2.20 bits per heavy atom. The lowest BCUT2D eigenvalue weighted by Gasteiger charge is -1.97. The number of rotatable bonds is 1. The first-order valence-corrected chi connectivity index (χ1v) is 2.31. The summed E-state index contributed by atoms with van der Waals surface area (Å²) in [4.78, 5) is 34.0. The number of carbonyl (C=O) groups excluding carboxylic acids is 3. The van der Waals surface area contributed by atoms with Gasteiger partial charge in [-0.1, -0.05) is 0 Å². The van der Waals surface area contributed by atoms with Crippen molar-refractivity contribution >= 4 is 17.8 Å². The first-order chi connectivity index (χ1) is 4.54. The maximum absolute atomic E-state index is 10.2. The topological polar surface area (TPSA) is 98.5 Å². The minimum Gasteiger partial charge on any atom is -0.349 e. The molecule has 0 saturated heterocycles. The zero-order valence-corrected chi connectivity index (χ0v) is 5.21. The van der Waals surface area contributed by atoms with Gasteiger partial charge in [-0.2, -0.15) is 5.48 Å². The van der Waals surface area contributed by atoms with Crippen LogP contribution < -0.4 is 11.2 Å². The van der Waals surface area contributed by atoms with Gasteiger partial charge in [0.2, 0.25) is 5.78 Å². The van der Waals surface area contributed by atoms with E-state index in [2.05, 4.69) is 10.6 Å². The predicted octanol–water partition coefficient (Wildman–Crippen LogP) is -1.30. The average molecular weight is 146 g/mol. The number of primary amides is 1. The van der Waals surface area contributed by atoms with Crippen LogP contribution in [0.15, 0.2) is 0 Å². The van der Waals surface area contributed by atoms with Gasteiger partial charge >= 0.3 is 12.0 Å². The first kappa shape index (κ1) is 8.41. The smallest absolute Gasteiger partial charge is 0.349 e. The third kappa shape index (κ3) is 3.42. The van der Waals surface area contributed by atoms with Crippen LogP contribution in [0, 0.1) is 0 Å². The highest BCUT2D eigenvalue weighted by atomic mass is 16.7. The molecular formula is C4H6N2O4. The van der Waals surface area contributed by atoms with E-state index in [0.717, 1.165) is 6.92 Å². The quantitative estimate of drug-likeness (QED) is 0.355. The molecule has 0 spiro atoms. The van der Waals surface area contributed by atoms with Crippen LogP contribution in [0.25, 0.3) is 0 Å². The number of nitrogens with one attached hydrogen (secondary N) is 1. The number of urea groups is 1. The fourth-order valence-electron chi connectivity index (χ4n) is 0.169. The number of hydroxylamine groups is 1. The Hall–Kier alpha value is -1.59. The molecule has 0 atom stereocenters. The van der Waals surface area contributed by atoms with E-state index >= 15 is 0 Å². The Labute approximate surface area is 56.3 Å². The van der Waals surface area contributed by atoms with Gasteiger partial charge in [0.25, 0.3) is 0 Å². The van der Waals surface area contributed by atoms with Gasteiger partial charge in [-0.15, -0.1) is 0 Å². The van der Waals surface area contributed by atoms with Crippen molar-refractivity contribution in [2.45, 2.75) is 6.92 Å². The van der Waals surface area contributed by atoms with Crippen molar-refractivity contribution in [1.82, 2.24) is 5.48 Å². The number of carbonyl (C=O) groups is 3. The van der Waals surface area contributed by atoms with Crippen LogP contribution in [0.5, 0.6) is 0 Å². The first-order valence-electron chi connectivity index (χ1n) is 2.31. The van der Waals surface area contributed by atoms with E-state index in [9.17, 15) is 14.4 Å². The molecule has 3 N–H and O–H groups in total. The summed E-state index contributed by atoms with van der Waals surface area (Å²) in [5.74, 6) is -1.97. The highest BCUT2D eigenvalue weighted by Crippen LogP contribution is 1.73. The minimum absolute atomic E-state index is 0.811. The molecule has 2 amide bonds. The van der Waals surface area contributed by atoms with Gasteiger partial charge in [-0.3, -0.25) is 4.79 Å². The molecule has 0 aliphatic rings. The maximum atomic E-state index is 10.2. The summed E-state index contributed by atoms with van der Waals surface area (Å²) in [6, 6.07) is -1.03. The summed E-state index contributed by atoms with van der Waals surface area (Å²) in [7, 11) is 0. The van der Waals surface area contributed by atoms with Gasteiger partial charge in [0.05, 0.1) is 0 Å². The molecular weight excluding hydrogens is 140 g/mol. The van der Waals surface area contributed by atoms with Crippen LogP contribution in [0.3, 0.4) is 0 Å². The molecule has 0 aliphatic carbocycles. The Kier molecular flexibility index (Phi) is 2.89. The molecule has 0 aromatic heterocycles. The van der Waals surface area contributed by atoms with Crippen molar-refractivity contribution in [3.8, 4) is 0 Å². The summed E-state index contributed by atoms with van der Waals surface area (Å²) < 4.78 is 0. The second-order valence-electron chi connectivity index (χ2n) is 1.41. The lowest BCUT2D eigenvalue weighted by Crippen LogP contribution is -2.33. The molecule has 0 rings (SSSR count). The SMILES string of the molecule is CC(=O)C(=O)ONC(N)=O. The normalized spacial score (nSPS) is 8.10. The van der Waals surface area contributed by atoms with Crippen LogP contribution in [-0.4, -0.2) is 17.8 Å². The number of hydrogen-bond donors (Lipinski definition) is 2. The lowest BCUT2D eigenvalue weighted by molar-refractivity contribution is -0.156. The third-order valence-corrected chi connectivity index (χ3v) is 0.532. The van der Waals surface area contributed by atoms with Crippen molar-refractivity contribution in [3.05, 3.63) is 0 Å². The van der Waals surface area contributed by atoms with E-state index in [1.165, 1.54) is 5.48 Å². The predicted molar refractivity (Wildman–Crippen MR) is 29.5 cm³/mol. The standard InChI is InChI=1S/C4H6N2O4/c1-2(7)3(8)10-6-4(5)9/h1H3,(H3,5,6,9). The fourth-order valence-corrected chi connectivity index (χ4v) is 0.169. The monoisotopic (exact) mass is 146 g/mol. The summed E-state index contributed by atoms with van der Waals surface area (Å²) >= 11 is 0. The number of nitrogens with two attached hydrogens (primary N) is 1. The summed E-state index contributed by atoms with van der Waals surface area (Å²) in [6.45, 7) is 1.00. The maximum Gasteiger partial charge on any atom is 0.398 e. The van der Waals surface area contributed by atoms with E-state index in [1.807, 2.05) is 0 Å². The Balaban J connectivity index is 3.60. The van der Waals surface area contributed by atoms with E-state index in [4.69, 9.17) is 0 Å². The Morgan fingerprint density at radius 1 is 1.40 bits per heavy atom. The highest BCUT2D eigenvalue weighted by Gasteiger charge is 2.09. The van der Waals surface area contributed by atoms with E-state index < -0.39 is 17.8 Å². The number of Topliss-reactive ketones (excluding diaryl/α,β-unsaturated/α-hetero) is 1. The number of ketones is 1. The van der Waals surface area contributed by atoms with Gasteiger partial charge in [-0.05, 0) is 0 Å². The molecule has 0 aromatic rings. The largest absolute Gasteiger partial charge is 0.398 e. The van der Waals surface area contributed by atoms with E-state index in [0.29, 0.717) is 0 Å². The van der Waals surface area contributed by atoms with E-state index in [1.54, 1.807) is 0 Å². The Morgan fingerprint density at radius 2 is 1.90 bits per heavy atom. The highest BCUT2D eigenvalue weighted by molar-refractivity contribution is 6.32. The second kappa shape index (κ2) is 3.44. The zero-order valence-electron chi connectivity index (χ0n) is 5.21. The molecule has 6 heteroatoms. The second-order valence-corrected chi connectivity index (χ2v) is 1.41. The molecule has 0 aromatic carbocycles. The van der Waals surface area contributed by atoms with Crippen molar-refractivity contribution < 1.29 is 19.2 Å². The molecule has 0 saturated carbocycles. The molecule has 0 aliphatic heterocycles. The van der Waals surface area contributed by atoms with Gasteiger partial charge in [0, 0.05) is 6.92 Å². The Bertz CT molecular complexity index is 176. The van der Waals surface area contributed by atoms with Gasteiger partial charge in [0.1, 0.15) is 0 Å². The third-order valence-electron chi connectivity index (χ3n) is 0.532. The average Bonchev–Trinajstić information content (AvgIpc) is 1.82. The molecule has 10 heavy (non-hydrogen) atoms. The number of hydrogen-bond acceptors (Lipinski definition) is 4. The van der Waals surface area contributed by atoms with Crippen molar-refractivity contribution in [2.75, 3.05) is 0 Å². The van der Waals surface area contributed by atoms with Gasteiger partial charge < -0.3 is 10.6 Å². The fraction of sp³-hybridized carbons (Fsp3) is 0.250. The minimum atomic E-state index is -1.15. The summed E-state index contributed by atoms with van der Waals surface area (Å²) in [5.41, 5.74) is 6.00. The van der Waals surface area contributed by atoms with Crippen molar-refractivity contribution in [1.29, 1.82) is 0 Å². The van der Waals surface area contributed by atoms with Crippen LogP contribution in [0.2, 0.25) is 0 Å². The van der Waals surface area contributed by atoms with Crippen molar-refractivity contribution in [3.63, 3.8) is 0 Å². The number of amides is 2. The molecule has 0 heterocycles. The van der Waals surface area contributed by atoms with Crippen LogP contribution >= 0.6 is 0 Å². The van der Waals surface area contributed by atoms with Gasteiger partial charge in [0.15, 0.2) is 0 Å². The van der Waals surface area contributed by atoms with Gasteiger partial charge in [-0.25, -0.2) is 9.59 Å². The van der Waals surface area contributed by atoms with Crippen LogP contribution in [0.1, 0.15) is 6.92 Å². The molecule has 56 valence electrons. The van der Waals surface area contributed by atoms with Crippen LogP contribution in [-0.2, 0) is 14.4 Å².